The molecule has 128 valence electrons. The van der Waals surface area contributed by atoms with Crippen LogP contribution in [0, 0.1) is 0 Å². The third kappa shape index (κ3) is 4.80. The van der Waals surface area contributed by atoms with E-state index < -0.39 is 17.7 Å². The van der Waals surface area contributed by atoms with Crippen molar-refractivity contribution in [2.75, 3.05) is 7.11 Å². The zero-order valence-corrected chi connectivity index (χ0v) is 14.1. The van der Waals surface area contributed by atoms with E-state index in [1.54, 1.807) is 51.2 Å². The second-order valence-electron chi connectivity index (χ2n) is 6.05. The average molecular weight is 332 g/mol. The zero-order chi connectivity index (χ0) is 17.7. The molecular weight excluding hydrogens is 312 g/mol. The Labute approximate surface area is 139 Å². The number of methoxy groups -OCH3 is 1. The molecule has 2 rings (SSSR count). The molecule has 1 aromatic carbocycles. The van der Waals surface area contributed by atoms with E-state index >= 15 is 0 Å². The third-order valence-electron chi connectivity index (χ3n) is 2.89. The summed E-state index contributed by atoms with van der Waals surface area (Å²) in [6, 6.07) is 6.80. The highest BCUT2D eigenvalue weighted by molar-refractivity contribution is 5.89. The Morgan fingerprint density at radius 3 is 2.71 bits per heavy atom. The zero-order valence-electron chi connectivity index (χ0n) is 14.1. The van der Waals surface area contributed by atoms with Crippen LogP contribution < -0.4 is 5.32 Å². The van der Waals surface area contributed by atoms with Crippen molar-refractivity contribution >= 4 is 12.1 Å². The smallest absolute Gasteiger partial charge is 0.407 e. The molecule has 8 heteroatoms. The van der Waals surface area contributed by atoms with Crippen LogP contribution in [-0.4, -0.2) is 39.8 Å². The highest BCUT2D eigenvalue weighted by Gasteiger charge is 2.16. The lowest BCUT2D eigenvalue weighted by Gasteiger charge is -2.19. The van der Waals surface area contributed by atoms with Gasteiger partial charge in [-0.2, -0.15) is 0 Å². The van der Waals surface area contributed by atoms with E-state index in [2.05, 4.69) is 15.6 Å². The van der Waals surface area contributed by atoms with Crippen molar-refractivity contribution in [3.05, 3.63) is 41.7 Å². The van der Waals surface area contributed by atoms with Gasteiger partial charge < -0.3 is 14.8 Å². The number of esters is 1. The first-order valence-corrected chi connectivity index (χ1v) is 7.35. The number of carbonyl (C=O) groups is 2. The Morgan fingerprint density at radius 2 is 2.04 bits per heavy atom. The van der Waals surface area contributed by atoms with Crippen molar-refractivity contribution in [1.82, 2.24) is 20.3 Å². The molecular formula is C16H20N4O4. The number of nitrogens with zero attached hydrogens (tertiary/aromatic N) is 3. The molecule has 0 aliphatic heterocycles. The minimum Gasteiger partial charge on any atom is -0.465 e. The number of hydrogen-bond acceptors (Lipinski definition) is 6. The summed E-state index contributed by atoms with van der Waals surface area (Å²) >= 11 is 0. The SMILES string of the molecule is COC(=O)c1cccc(-n2cc(CNC(=O)OC(C)(C)C)nn2)c1. The molecule has 1 N–H and O–H groups in total. The lowest BCUT2D eigenvalue weighted by Crippen LogP contribution is -2.32. The second-order valence-corrected chi connectivity index (χ2v) is 6.05. The summed E-state index contributed by atoms with van der Waals surface area (Å²) in [6.07, 6.45) is 1.14. The molecule has 1 heterocycles. The van der Waals surface area contributed by atoms with E-state index in [1.165, 1.54) is 11.8 Å². The lowest BCUT2D eigenvalue weighted by molar-refractivity contribution is 0.0521. The highest BCUT2D eigenvalue weighted by Crippen LogP contribution is 2.11. The first kappa shape index (κ1) is 17.5. The van der Waals surface area contributed by atoms with E-state index in [1.807, 2.05) is 0 Å². The van der Waals surface area contributed by atoms with Crippen molar-refractivity contribution in [1.29, 1.82) is 0 Å². The number of rotatable bonds is 4. The molecule has 0 atom stereocenters. The van der Waals surface area contributed by atoms with E-state index in [0.29, 0.717) is 16.9 Å². The standard InChI is InChI=1S/C16H20N4O4/c1-16(2,3)24-15(22)17-9-12-10-20(19-18-12)13-7-5-6-11(8-13)14(21)23-4/h5-8,10H,9H2,1-4H3,(H,17,22). The number of ether oxygens (including phenoxy) is 2. The first-order chi connectivity index (χ1) is 11.3. The minimum absolute atomic E-state index is 0.186. The van der Waals surface area contributed by atoms with Gasteiger partial charge in [0, 0.05) is 0 Å². The van der Waals surface area contributed by atoms with Crippen LogP contribution in [-0.2, 0) is 16.0 Å². The van der Waals surface area contributed by atoms with Gasteiger partial charge in [-0.1, -0.05) is 11.3 Å². The van der Waals surface area contributed by atoms with Crippen molar-refractivity contribution in [3.8, 4) is 5.69 Å². The topological polar surface area (TPSA) is 95.3 Å². The maximum atomic E-state index is 11.6. The third-order valence-corrected chi connectivity index (χ3v) is 2.89. The van der Waals surface area contributed by atoms with Crippen molar-refractivity contribution in [2.45, 2.75) is 32.9 Å². The molecule has 0 fully saturated rings. The maximum Gasteiger partial charge on any atom is 0.407 e. The molecule has 0 saturated heterocycles. The van der Waals surface area contributed by atoms with Gasteiger partial charge >= 0.3 is 12.1 Å². The van der Waals surface area contributed by atoms with Crippen LogP contribution in [0.5, 0.6) is 0 Å². The van der Waals surface area contributed by atoms with Crippen LogP contribution in [0.3, 0.4) is 0 Å². The van der Waals surface area contributed by atoms with Crippen LogP contribution in [0.15, 0.2) is 30.5 Å². The molecule has 2 aromatic rings. The molecule has 0 radical (unpaired) electrons. The summed E-state index contributed by atoms with van der Waals surface area (Å²) in [6.45, 7) is 5.55. The van der Waals surface area contributed by atoms with Crippen LogP contribution in [0.25, 0.3) is 5.69 Å². The molecule has 0 aliphatic carbocycles. The number of nitrogens with one attached hydrogen (secondary N) is 1. The Kier molecular flexibility index (Phi) is 5.18. The van der Waals surface area contributed by atoms with Gasteiger partial charge in [-0.15, -0.1) is 5.10 Å². The summed E-state index contributed by atoms with van der Waals surface area (Å²) in [5.41, 5.74) is 1.08. The molecule has 1 aromatic heterocycles. The summed E-state index contributed by atoms with van der Waals surface area (Å²) in [5, 5.41) is 10.6. The van der Waals surface area contributed by atoms with E-state index in [9.17, 15) is 9.59 Å². The van der Waals surface area contributed by atoms with Gasteiger partial charge in [0.1, 0.15) is 11.3 Å². The van der Waals surface area contributed by atoms with E-state index in [-0.39, 0.29) is 6.54 Å². The van der Waals surface area contributed by atoms with Crippen molar-refractivity contribution in [2.24, 2.45) is 0 Å². The van der Waals surface area contributed by atoms with Gasteiger partial charge in [0.05, 0.1) is 31.1 Å². The lowest BCUT2D eigenvalue weighted by atomic mass is 10.2. The minimum atomic E-state index is -0.560. The number of hydrogen-bond donors (Lipinski definition) is 1. The monoisotopic (exact) mass is 332 g/mol. The Hall–Kier alpha value is -2.90. The largest absolute Gasteiger partial charge is 0.465 e. The number of benzene rings is 1. The van der Waals surface area contributed by atoms with Crippen LogP contribution >= 0.6 is 0 Å². The van der Waals surface area contributed by atoms with Crippen LogP contribution in [0.1, 0.15) is 36.8 Å². The molecule has 0 saturated carbocycles. The summed E-state index contributed by atoms with van der Waals surface area (Å²) < 4.78 is 11.4. The second kappa shape index (κ2) is 7.12. The molecule has 0 unspecified atom stereocenters. The number of alkyl carbamates (subject to hydrolysis) is 1. The van der Waals surface area contributed by atoms with E-state index in [0.717, 1.165) is 0 Å². The molecule has 0 spiro atoms. The molecule has 24 heavy (non-hydrogen) atoms. The summed E-state index contributed by atoms with van der Waals surface area (Å²) in [7, 11) is 1.32. The maximum absolute atomic E-state index is 11.6. The van der Waals surface area contributed by atoms with Gasteiger partial charge in [0.2, 0.25) is 0 Å². The van der Waals surface area contributed by atoms with Gasteiger partial charge in [0.15, 0.2) is 0 Å². The molecule has 1 amide bonds. The van der Waals surface area contributed by atoms with Crippen molar-refractivity contribution in [3.63, 3.8) is 0 Å². The molecule has 8 nitrogen and oxygen atoms in total. The number of aromatic nitrogens is 3. The average Bonchev–Trinajstić information content (AvgIpc) is 2.99. The van der Waals surface area contributed by atoms with Crippen LogP contribution in [0.2, 0.25) is 0 Å². The predicted molar refractivity (Wildman–Crippen MR) is 85.8 cm³/mol. The number of amides is 1. The Morgan fingerprint density at radius 1 is 1.29 bits per heavy atom. The number of carbonyl (C=O) groups excluding carboxylic acids is 2. The molecule has 0 aliphatic rings. The fourth-order valence-electron chi connectivity index (χ4n) is 1.88. The van der Waals surface area contributed by atoms with E-state index in [4.69, 9.17) is 9.47 Å². The first-order valence-electron chi connectivity index (χ1n) is 7.35. The Bertz CT molecular complexity index is 734. The van der Waals surface area contributed by atoms with Gasteiger partial charge in [-0.05, 0) is 39.0 Å². The fraction of sp³-hybridized carbons (Fsp3) is 0.375. The quantitative estimate of drug-likeness (QED) is 0.861. The highest BCUT2D eigenvalue weighted by atomic mass is 16.6. The summed E-state index contributed by atoms with van der Waals surface area (Å²) in [5.74, 6) is -0.427. The van der Waals surface area contributed by atoms with Gasteiger partial charge in [-0.25, -0.2) is 14.3 Å². The predicted octanol–water partition coefficient (Wildman–Crippen LogP) is 2.08. The van der Waals surface area contributed by atoms with Crippen molar-refractivity contribution < 1.29 is 19.1 Å². The summed E-state index contributed by atoms with van der Waals surface area (Å²) in [4.78, 5) is 23.2. The molecule has 0 bridgehead atoms. The fourth-order valence-corrected chi connectivity index (χ4v) is 1.88. The normalized spacial score (nSPS) is 11.0. The van der Waals surface area contributed by atoms with Crippen LogP contribution in [0.4, 0.5) is 4.79 Å². The Balaban J connectivity index is 2.03. The van der Waals surface area contributed by atoms with Gasteiger partial charge in [0.25, 0.3) is 0 Å². The van der Waals surface area contributed by atoms with Gasteiger partial charge in [-0.3, -0.25) is 0 Å².